The molecule has 0 fully saturated rings. The van der Waals surface area contributed by atoms with Crippen LogP contribution in [0.2, 0.25) is 0 Å². The molecule has 0 amide bonds. The van der Waals surface area contributed by atoms with E-state index >= 15 is 0 Å². The molecule has 0 bridgehead atoms. The van der Waals surface area contributed by atoms with E-state index in [0.29, 0.717) is 0 Å². The third kappa shape index (κ3) is 1.48. The summed E-state index contributed by atoms with van der Waals surface area (Å²) in [5.41, 5.74) is 7.60. The highest BCUT2D eigenvalue weighted by atomic mass is 15.1. The Bertz CT molecular complexity index is 444. The van der Waals surface area contributed by atoms with Crippen molar-refractivity contribution in [1.82, 2.24) is 14.5 Å². The molecular weight excluding hydrogens is 176 g/mol. The van der Waals surface area contributed by atoms with Crippen LogP contribution < -0.4 is 5.73 Å². The van der Waals surface area contributed by atoms with E-state index in [0.717, 1.165) is 23.4 Å². The Morgan fingerprint density at radius 1 is 1.57 bits per heavy atom. The second-order valence-electron chi connectivity index (χ2n) is 3.61. The third-order valence-corrected chi connectivity index (χ3v) is 2.25. The molecule has 4 nitrogen and oxygen atoms in total. The minimum Gasteiger partial charge on any atom is -0.330 e. The molecule has 4 heteroatoms. The summed E-state index contributed by atoms with van der Waals surface area (Å²) < 4.78 is 2.05. The van der Waals surface area contributed by atoms with Gasteiger partial charge in [-0.1, -0.05) is 0 Å². The molecule has 14 heavy (non-hydrogen) atoms. The molecule has 0 aliphatic carbocycles. The van der Waals surface area contributed by atoms with Crippen molar-refractivity contribution in [3.8, 4) is 0 Å². The zero-order valence-electron chi connectivity index (χ0n) is 8.44. The van der Waals surface area contributed by atoms with E-state index in [-0.39, 0.29) is 6.04 Å². The number of aryl methyl sites for hydroxylation is 1. The third-order valence-electron chi connectivity index (χ3n) is 2.25. The summed E-state index contributed by atoms with van der Waals surface area (Å²) in [4.78, 5) is 8.62. The zero-order chi connectivity index (χ0) is 10.1. The van der Waals surface area contributed by atoms with Gasteiger partial charge in [0.15, 0.2) is 5.65 Å². The second-order valence-corrected chi connectivity index (χ2v) is 3.61. The van der Waals surface area contributed by atoms with Crippen molar-refractivity contribution >= 4 is 11.2 Å². The van der Waals surface area contributed by atoms with Gasteiger partial charge in [-0.05, 0) is 19.1 Å². The molecule has 0 radical (unpaired) electrons. The summed E-state index contributed by atoms with van der Waals surface area (Å²) >= 11 is 0. The van der Waals surface area contributed by atoms with E-state index in [2.05, 4.69) is 9.97 Å². The van der Waals surface area contributed by atoms with Crippen LogP contribution in [-0.4, -0.2) is 20.6 Å². The van der Waals surface area contributed by atoms with Crippen LogP contribution in [0.25, 0.3) is 11.2 Å². The molecule has 2 heterocycles. The van der Waals surface area contributed by atoms with Crippen LogP contribution in [0.4, 0.5) is 0 Å². The first-order chi connectivity index (χ1) is 6.68. The SMILES string of the molecule is CC(N)Cc1nc2ncccc2n1C. The van der Waals surface area contributed by atoms with Crippen LogP contribution in [0.3, 0.4) is 0 Å². The fourth-order valence-electron chi connectivity index (χ4n) is 1.54. The number of hydrogen-bond donors (Lipinski definition) is 1. The van der Waals surface area contributed by atoms with Gasteiger partial charge >= 0.3 is 0 Å². The zero-order valence-corrected chi connectivity index (χ0v) is 8.44. The molecule has 0 spiro atoms. The van der Waals surface area contributed by atoms with Crippen molar-refractivity contribution in [2.24, 2.45) is 12.8 Å². The molecule has 0 aromatic carbocycles. The van der Waals surface area contributed by atoms with Gasteiger partial charge in [0.1, 0.15) is 5.82 Å². The number of pyridine rings is 1. The molecule has 74 valence electrons. The highest BCUT2D eigenvalue weighted by Gasteiger charge is 2.08. The van der Waals surface area contributed by atoms with Gasteiger partial charge in [-0.15, -0.1) is 0 Å². The van der Waals surface area contributed by atoms with Gasteiger partial charge in [-0.3, -0.25) is 0 Å². The molecule has 0 aliphatic heterocycles. The molecule has 2 aromatic heterocycles. The van der Waals surface area contributed by atoms with Crippen molar-refractivity contribution < 1.29 is 0 Å². The molecule has 1 unspecified atom stereocenters. The maximum absolute atomic E-state index is 5.74. The van der Waals surface area contributed by atoms with Gasteiger partial charge in [0.25, 0.3) is 0 Å². The maximum Gasteiger partial charge on any atom is 0.177 e. The molecule has 2 rings (SSSR count). The quantitative estimate of drug-likeness (QED) is 0.764. The first kappa shape index (κ1) is 9.15. The topological polar surface area (TPSA) is 56.7 Å². The van der Waals surface area contributed by atoms with E-state index in [1.807, 2.05) is 30.7 Å². The minimum absolute atomic E-state index is 0.130. The number of imidazole rings is 1. The Hall–Kier alpha value is -1.42. The number of fused-ring (bicyclic) bond motifs is 1. The average Bonchev–Trinajstić information content (AvgIpc) is 2.44. The molecule has 2 N–H and O–H groups in total. The Labute approximate surface area is 82.8 Å². The second kappa shape index (κ2) is 3.38. The summed E-state index contributed by atoms with van der Waals surface area (Å²) in [5.74, 6) is 0.994. The Morgan fingerprint density at radius 3 is 3.00 bits per heavy atom. The van der Waals surface area contributed by atoms with Crippen molar-refractivity contribution in [3.63, 3.8) is 0 Å². The predicted octanol–water partition coefficient (Wildman–Crippen LogP) is 0.858. The van der Waals surface area contributed by atoms with E-state index in [9.17, 15) is 0 Å². The van der Waals surface area contributed by atoms with Crippen LogP contribution in [-0.2, 0) is 13.5 Å². The first-order valence-corrected chi connectivity index (χ1v) is 4.70. The van der Waals surface area contributed by atoms with Gasteiger partial charge < -0.3 is 10.3 Å². The average molecular weight is 190 g/mol. The Balaban J connectivity index is 2.51. The smallest absolute Gasteiger partial charge is 0.177 e. The number of aromatic nitrogens is 3. The first-order valence-electron chi connectivity index (χ1n) is 4.70. The minimum atomic E-state index is 0.130. The lowest BCUT2D eigenvalue weighted by molar-refractivity contribution is 0.678. The van der Waals surface area contributed by atoms with E-state index in [1.165, 1.54) is 0 Å². The summed E-state index contributed by atoms with van der Waals surface area (Å²) in [6.45, 7) is 1.98. The van der Waals surface area contributed by atoms with Gasteiger partial charge in [-0.25, -0.2) is 9.97 Å². The molecule has 0 saturated heterocycles. The van der Waals surface area contributed by atoms with E-state index in [4.69, 9.17) is 5.73 Å². The van der Waals surface area contributed by atoms with E-state index < -0.39 is 0 Å². The summed E-state index contributed by atoms with van der Waals surface area (Å²) in [7, 11) is 1.99. The van der Waals surface area contributed by atoms with Gasteiger partial charge in [0.05, 0.1) is 5.52 Å². The lowest BCUT2D eigenvalue weighted by Gasteiger charge is -2.04. The van der Waals surface area contributed by atoms with Crippen molar-refractivity contribution in [2.75, 3.05) is 0 Å². The van der Waals surface area contributed by atoms with E-state index in [1.54, 1.807) is 6.20 Å². The fraction of sp³-hybridized carbons (Fsp3) is 0.400. The summed E-state index contributed by atoms with van der Waals surface area (Å²) in [6.07, 6.45) is 2.54. The maximum atomic E-state index is 5.74. The van der Waals surface area contributed by atoms with Gasteiger partial charge in [-0.2, -0.15) is 0 Å². The highest BCUT2D eigenvalue weighted by molar-refractivity contribution is 5.71. The fourth-order valence-corrected chi connectivity index (χ4v) is 1.54. The number of hydrogen-bond acceptors (Lipinski definition) is 3. The van der Waals surface area contributed by atoms with Gasteiger partial charge in [0, 0.05) is 25.7 Å². The standard InChI is InChI=1S/C10H14N4/c1-7(11)6-9-13-10-8(14(9)2)4-3-5-12-10/h3-5,7H,6,11H2,1-2H3. The van der Waals surface area contributed by atoms with Crippen molar-refractivity contribution in [2.45, 2.75) is 19.4 Å². The predicted molar refractivity (Wildman–Crippen MR) is 55.9 cm³/mol. The van der Waals surface area contributed by atoms with Crippen LogP contribution in [0.1, 0.15) is 12.7 Å². The molecular formula is C10H14N4. The van der Waals surface area contributed by atoms with Gasteiger partial charge in [0.2, 0.25) is 0 Å². The van der Waals surface area contributed by atoms with Crippen molar-refractivity contribution in [1.29, 1.82) is 0 Å². The largest absolute Gasteiger partial charge is 0.330 e. The van der Waals surface area contributed by atoms with Crippen LogP contribution in [0.5, 0.6) is 0 Å². The van der Waals surface area contributed by atoms with Crippen LogP contribution >= 0.6 is 0 Å². The molecule has 1 atom stereocenters. The molecule has 2 aromatic rings. The Kier molecular flexibility index (Phi) is 2.21. The lowest BCUT2D eigenvalue weighted by atomic mass is 10.2. The number of nitrogens with zero attached hydrogens (tertiary/aromatic N) is 3. The van der Waals surface area contributed by atoms with Crippen LogP contribution in [0.15, 0.2) is 18.3 Å². The molecule has 0 aliphatic rings. The van der Waals surface area contributed by atoms with Crippen LogP contribution in [0, 0.1) is 0 Å². The highest BCUT2D eigenvalue weighted by Crippen LogP contribution is 2.12. The lowest BCUT2D eigenvalue weighted by Crippen LogP contribution is -2.19. The monoisotopic (exact) mass is 190 g/mol. The Morgan fingerprint density at radius 2 is 2.36 bits per heavy atom. The normalized spacial score (nSPS) is 13.4. The molecule has 0 saturated carbocycles. The summed E-state index contributed by atoms with van der Waals surface area (Å²) in [5, 5.41) is 0. The number of nitrogens with two attached hydrogens (primary N) is 1. The summed E-state index contributed by atoms with van der Waals surface area (Å²) in [6, 6.07) is 4.06. The van der Waals surface area contributed by atoms with Crippen molar-refractivity contribution in [3.05, 3.63) is 24.2 Å². The number of rotatable bonds is 2.